The standard InChI is InChI=1S/C11H15N3S/c1-3-9-7(2)13-11(14-9)10-5-4-8(6-12)15-10/h4-5H,3,6,12H2,1-2H3,(H,13,14). The van der Waals surface area contributed by atoms with Crippen molar-refractivity contribution in [3.63, 3.8) is 0 Å². The molecule has 3 N–H and O–H groups in total. The molecule has 0 radical (unpaired) electrons. The Bertz CT molecular complexity index is 456. The fourth-order valence-corrected chi connectivity index (χ4v) is 2.40. The molecule has 3 nitrogen and oxygen atoms in total. The molecule has 0 saturated carbocycles. The van der Waals surface area contributed by atoms with Gasteiger partial charge in [-0.3, -0.25) is 0 Å². The number of hydrogen-bond acceptors (Lipinski definition) is 3. The first-order valence-electron chi connectivity index (χ1n) is 5.09. The average molecular weight is 221 g/mol. The van der Waals surface area contributed by atoms with E-state index < -0.39 is 0 Å². The van der Waals surface area contributed by atoms with E-state index in [2.05, 4.69) is 35.9 Å². The van der Waals surface area contributed by atoms with Crippen molar-refractivity contribution in [3.05, 3.63) is 28.4 Å². The summed E-state index contributed by atoms with van der Waals surface area (Å²) in [4.78, 5) is 10.2. The van der Waals surface area contributed by atoms with Gasteiger partial charge in [0.05, 0.1) is 10.6 Å². The van der Waals surface area contributed by atoms with Crippen LogP contribution in [0.2, 0.25) is 0 Å². The molecular weight excluding hydrogens is 206 g/mol. The molecule has 0 spiro atoms. The Balaban J connectivity index is 2.36. The second kappa shape index (κ2) is 4.16. The minimum Gasteiger partial charge on any atom is -0.341 e. The van der Waals surface area contributed by atoms with Crippen LogP contribution in [-0.2, 0) is 13.0 Å². The third-order valence-electron chi connectivity index (χ3n) is 2.42. The number of H-pyrrole nitrogens is 1. The highest BCUT2D eigenvalue weighted by Crippen LogP contribution is 2.26. The van der Waals surface area contributed by atoms with Crippen LogP contribution in [0.15, 0.2) is 12.1 Å². The lowest BCUT2D eigenvalue weighted by Crippen LogP contribution is -1.91. The lowest BCUT2D eigenvalue weighted by Gasteiger charge is -1.88. The number of nitrogens with two attached hydrogens (primary N) is 1. The van der Waals surface area contributed by atoms with Gasteiger partial charge in [0.25, 0.3) is 0 Å². The van der Waals surface area contributed by atoms with Crippen LogP contribution in [0.1, 0.15) is 23.2 Å². The van der Waals surface area contributed by atoms with Crippen molar-refractivity contribution in [2.24, 2.45) is 5.73 Å². The SMILES string of the molecule is CCc1nc(-c2ccc(CN)s2)[nH]c1C. The summed E-state index contributed by atoms with van der Waals surface area (Å²) in [5, 5.41) is 0. The molecule has 0 unspecified atom stereocenters. The third-order valence-corrected chi connectivity index (χ3v) is 3.53. The van der Waals surface area contributed by atoms with Crippen molar-refractivity contribution in [2.45, 2.75) is 26.8 Å². The van der Waals surface area contributed by atoms with Crippen LogP contribution < -0.4 is 5.73 Å². The smallest absolute Gasteiger partial charge is 0.147 e. The second-order valence-electron chi connectivity index (χ2n) is 3.48. The van der Waals surface area contributed by atoms with E-state index >= 15 is 0 Å². The summed E-state index contributed by atoms with van der Waals surface area (Å²) in [6, 6.07) is 4.13. The molecule has 0 bridgehead atoms. The van der Waals surface area contributed by atoms with E-state index in [1.54, 1.807) is 11.3 Å². The molecule has 0 aliphatic heterocycles. The molecule has 15 heavy (non-hydrogen) atoms. The number of aromatic amines is 1. The van der Waals surface area contributed by atoms with Gasteiger partial charge >= 0.3 is 0 Å². The predicted octanol–water partition coefficient (Wildman–Crippen LogP) is 2.47. The molecule has 2 heterocycles. The van der Waals surface area contributed by atoms with E-state index in [-0.39, 0.29) is 0 Å². The van der Waals surface area contributed by atoms with E-state index in [9.17, 15) is 0 Å². The Kier molecular flexibility index (Phi) is 2.88. The van der Waals surface area contributed by atoms with Gasteiger partial charge in [-0.05, 0) is 25.5 Å². The van der Waals surface area contributed by atoms with Gasteiger partial charge in [0.1, 0.15) is 5.82 Å². The molecule has 0 saturated heterocycles. The zero-order chi connectivity index (χ0) is 10.8. The van der Waals surface area contributed by atoms with Gasteiger partial charge in [-0.15, -0.1) is 11.3 Å². The van der Waals surface area contributed by atoms with Gasteiger partial charge in [0, 0.05) is 17.1 Å². The van der Waals surface area contributed by atoms with Gasteiger partial charge in [-0.1, -0.05) is 6.92 Å². The van der Waals surface area contributed by atoms with Crippen molar-refractivity contribution < 1.29 is 0 Å². The first-order valence-corrected chi connectivity index (χ1v) is 5.91. The molecule has 0 amide bonds. The number of aryl methyl sites for hydroxylation is 2. The van der Waals surface area contributed by atoms with Gasteiger partial charge in [-0.25, -0.2) is 4.98 Å². The molecule has 0 aromatic carbocycles. The fraction of sp³-hybridized carbons (Fsp3) is 0.364. The van der Waals surface area contributed by atoms with Crippen molar-refractivity contribution in [2.75, 3.05) is 0 Å². The van der Waals surface area contributed by atoms with E-state index in [0.29, 0.717) is 6.54 Å². The number of thiophene rings is 1. The first kappa shape index (κ1) is 10.4. The van der Waals surface area contributed by atoms with Crippen LogP contribution >= 0.6 is 11.3 Å². The number of nitrogens with one attached hydrogen (secondary N) is 1. The molecule has 2 aromatic rings. The first-order chi connectivity index (χ1) is 7.24. The molecule has 80 valence electrons. The summed E-state index contributed by atoms with van der Waals surface area (Å²) < 4.78 is 0. The Morgan fingerprint density at radius 2 is 2.27 bits per heavy atom. The molecule has 4 heteroatoms. The highest BCUT2D eigenvalue weighted by molar-refractivity contribution is 7.15. The minimum absolute atomic E-state index is 0.602. The molecule has 0 aliphatic carbocycles. The van der Waals surface area contributed by atoms with Gasteiger partial charge in [0.2, 0.25) is 0 Å². The number of rotatable bonds is 3. The van der Waals surface area contributed by atoms with E-state index in [1.807, 2.05) is 0 Å². The molecule has 0 atom stereocenters. The van der Waals surface area contributed by atoms with Crippen molar-refractivity contribution in [3.8, 4) is 10.7 Å². The van der Waals surface area contributed by atoms with Crippen molar-refractivity contribution in [1.29, 1.82) is 0 Å². The number of imidazole rings is 1. The lowest BCUT2D eigenvalue weighted by atomic mass is 10.3. The Hall–Kier alpha value is -1.13. The van der Waals surface area contributed by atoms with Crippen LogP contribution in [0.3, 0.4) is 0 Å². The maximum Gasteiger partial charge on any atom is 0.147 e. The number of nitrogens with zero attached hydrogens (tertiary/aromatic N) is 1. The van der Waals surface area contributed by atoms with Crippen LogP contribution in [0.5, 0.6) is 0 Å². The highest BCUT2D eigenvalue weighted by Gasteiger charge is 2.08. The van der Waals surface area contributed by atoms with Gasteiger partial charge in [0.15, 0.2) is 0 Å². The quantitative estimate of drug-likeness (QED) is 0.836. The summed E-state index contributed by atoms with van der Waals surface area (Å²) in [6.07, 6.45) is 0.970. The highest BCUT2D eigenvalue weighted by atomic mass is 32.1. The number of aromatic nitrogens is 2. The summed E-state index contributed by atoms with van der Waals surface area (Å²) in [5.74, 6) is 0.967. The third kappa shape index (κ3) is 1.96. The minimum atomic E-state index is 0.602. The molecular formula is C11H15N3S. The Morgan fingerprint density at radius 3 is 2.80 bits per heavy atom. The van der Waals surface area contributed by atoms with Crippen molar-refractivity contribution in [1.82, 2.24) is 9.97 Å². The van der Waals surface area contributed by atoms with Crippen molar-refractivity contribution >= 4 is 11.3 Å². The largest absolute Gasteiger partial charge is 0.341 e. The topological polar surface area (TPSA) is 54.7 Å². The van der Waals surface area contributed by atoms with Crippen LogP contribution in [-0.4, -0.2) is 9.97 Å². The molecule has 0 fully saturated rings. The number of hydrogen-bond donors (Lipinski definition) is 2. The summed E-state index contributed by atoms with van der Waals surface area (Å²) in [6.45, 7) is 4.78. The van der Waals surface area contributed by atoms with Gasteiger partial charge in [-0.2, -0.15) is 0 Å². The Morgan fingerprint density at radius 1 is 1.47 bits per heavy atom. The molecule has 2 aromatic heterocycles. The van der Waals surface area contributed by atoms with Crippen LogP contribution in [0, 0.1) is 6.92 Å². The maximum atomic E-state index is 5.58. The molecule has 2 rings (SSSR count). The van der Waals surface area contributed by atoms with E-state index in [0.717, 1.165) is 23.6 Å². The van der Waals surface area contributed by atoms with Crippen LogP contribution in [0.25, 0.3) is 10.7 Å². The molecule has 0 aliphatic rings. The predicted molar refractivity (Wildman–Crippen MR) is 63.9 cm³/mol. The monoisotopic (exact) mass is 221 g/mol. The summed E-state index contributed by atoms with van der Waals surface area (Å²) in [5.41, 5.74) is 7.89. The lowest BCUT2D eigenvalue weighted by molar-refractivity contribution is 1.04. The fourth-order valence-electron chi connectivity index (χ4n) is 1.57. The van der Waals surface area contributed by atoms with Gasteiger partial charge < -0.3 is 10.7 Å². The maximum absolute atomic E-state index is 5.58. The van der Waals surface area contributed by atoms with E-state index in [1.165, 1.54) is 9.75 Å². The van der Waals surface area contributed by atoms with E-state index in [4.69, 9.17) is 5.73 Å². The Labute approximate surface area is 93.4 Å². The normalized spacial score (nSPS) is 10.9. The zero-order valence-electron chi connectivity index (χ0n) is 9.00. The zero-order valence-corrected chi connectivity index (χ0v) is 9.82. The second-order valence-corrected chi connectivity index (χ2v) is 4.65. The summed E-state index contributed by atoms with van der Waals surface area (Å²) >= 11 is 1.70. The van der Waals surface area contributed by atoms with Crippen LogP contribution in [0.4, 0.5) is 0 Å². The summed E-state index contributed by atoms with van der Waals surface area (Å²) in [7, 11) is 0. The average Bonchev–Trinajstić information content (AvgIpc) is 2.83.